The van der Waals surface area contributed by atoms with E-state index in [9.17, 15) is 0 Å². The van der Waals surface area contributed by atoms with E-state index in [-0.39, 0.29) is 6.61 Å². The molecule has 1 rings (SSSR count). The molecule has 0 atom stereocenters. The Bertz CT molecular complexity index is 289. The molecule has 0 saturated carbocycles. The third-order valence-electron chi connectivity index (χ3n) is 2.52. The lowest BCUT2D eigenvalue weighted by Crippen LogP contribution is -2.26. The van der Waals surface area contributed by atoms with Gasteiger partial charge in [-0.2, -0.15) is 0 Å². The van der Waals surface area contributed by atoms with E-state index >= 15 is 0 Å². The second-order valence-corrected chi connectivity index (χ2v) is 3.49. The number of para-hydroxylation sites is 1. The Morgan fingerprint density at radius 3 is 2.67 bits per heavy atom. The zero-order valence-corrected chi connectivity index (χ0v) is 9.32. The Kier molecular flexibility index (Phi) is 5.15. The van der Waals surface area contributed by atoms with Crippen molar-refractivity contribution in [3.63, 3.8) is 0 Å². The normalized spacial score (nSPS) is 10.3. The number of hydrogen-bond acceptors (Lipinski definition) is 3. The van der Waals surface area contributed by atoms with Crippen molar-refractivity contribution in [2.75, 3.05) is 24.6 Å². The summed E-state index contributed by atoms with van der Waals surface area (Å²) in [5.41, 5.74) is 8.05. The lowest BCUT2D eigenvalue weighted by Gasteiger charge is -2.25. The van der Waals surface area contributed by atoms with E-state index in [1.165, 1.54) is 5.69 Å². The molecular weight excluding hydrogens is 188 g/mol. The van der Waals surface area contributed by atoms with Crippen molar-refractivity contribution >= 4 is 5.69 Å². The first-order chi connectivity index (χ1) is 7.33. The second kappa shape index (κ2) is 6.43. The standard InChI is InChI=1S/C12H20N2O/c1-2-14(8-5-9-15)12-7-4-3-6-11(12)10-13/h3-4,6-7,15H,2,5,8-10,13H2,1H3. The second-order valence-electron chi connectivity index (χ2n) is 3.49. The van der Waals surface area contributed by atoms with E-state index in [0.717, 1.165) is 25.1 Å². The molecule has 0 aromatic heterocycles. The van der Waals surface area contributed by atoms with Gasteiger partial charge < -0.3 is 15.7 Å². The Morgan fingerprint density at radius 2 is 2.07 bits per heavy atom. The zero-order chi connectivity index (χ0) is 11.1. The van der Waals surface area contributed by atoms with Crippen LogP contribution in [0.25, 0.3) is 0 Å². The maximum Gasteiger partial charge on any atom is 0.0447 e. The Morgan fingerprint density at radius 1 is 1.33 bits per heavy atom. The molecule has 3 heteroatoms. The molecule has 0 bridgehead atoms. The highest BCUT2D eigenvalue weighted by Crippen LogP contribution is 2.19. The molecule has 0 fully saturated rings. The lowest BCUT2D eigenvalue weighted by molar-refractivity contribution is 0.289. The van der Waals surface area contributed by atoms with E-state index in [1.54, 1.807) is 0 Å². The molecule has 0 unspecified atom stereocenters. The van der Waals surface area contributed by atoms with Crippen molar-refractivity contribution in [3.8, 4) is 0 Å². The lowest BCUT2D eigenvalue weighted by atomic mass is 10.1. The minimum Gasteiger partial charge on any atom is -0.396 e. The maximum absolute atomic E-state index is 8.83. The number of nitrogens with zero attached hydrogens (tertiary/aromatic N) is 1. The third-order valence-corrected chi connectivity index (χ3v) is 2.52. The Labute approximate surface area is 91.5 Å². The molecule has 0 aliphatic rings. The number of aliphatic hydroxyl groups excluding tert-OH is 1. The fourth-order valence-corrected chi connectivity index (χ4v) is 1.70. The molecule has 15 heavy (non-hydrogen) atoms. The largest absolute Gasteiger partial charge is 0.396 e. The van der Waals surface area contributed by atoms with Gasteiger partial charge in [0.25, 0.3) is 0 Å². The molecule has 0 aliphatic heterocycles. The molecule has 3 nitrogen and oxygen atoms in total. The topological polar surface area (TPSA) is 49.5 Å². The first kappa shape index (κ1) is 12.0. The van der Waals surface area contributed by atoms with Crippen LogP contribution in [0.15, 0.2) is 24.3 Å². The first-order valence-electron chi connectivity index (χ1n) is 5.47. The predicted octanol–water partition coefficient (Wildman–Crippen LogP) is 1.35. The summed E-state index contributed by atoms with van der Waals surface area (Å²) in [5, 5.41) is 8.83. The van der Waals surface area contributed by atoms with Crippen molar-refractivity contribution in [2.24, 2.45) is 5.73 Å². The van der Waals surface area contributed by atoms with Gasteiger partial charge in [0.15, 0.2) is 0 Å². The minimum atomic E-state index is 0.237. The van der Waals surface area contributed by atoms with Gasteiger partial charge in [-0.15, -0.1) is 0 Å². The number of aliphatic hydroxyl groups is 1. The van der Waals surface area contributed by atoms with E-state index in [2.05, 4.69) is 24.0 Å². The molecule has 0 amide bonds. The van der Waals surface area contributed by atoms with Crippen LogP contribution in [0.2, 0.25) is 0 Å². The highest BCUT2D eigenvalue weighted by atomic mass is 16.3. The number of rotatable bonds is 6. The van der Waals surface area contributed by atoms with Crippen molar-refractivity contribution in [1.82, 2.24) is 0 Å². The monoisotopic (exact) mass is 208 g/mol. The summed E-state index contributed by atoms with van der Waals surface area (Å²) in [7, 11) is 0. The van der Waals surface area contributed by atoms with Crippen LogP contribution in [-0.2, 0) is 6.54 Å². The minimum absolute atomic E-state index is 0.237. The average Bonchev–Trinajstić information content (AvgIpc) is 2.30. The fourth-order valence-electron chi connectivity index (χ4n) is 1.70. The predicted molar refractivity (Wildman–Crippen MR) is 63.9 cm³/mol. The molecule has 0 saturated heterocycles. The van der Waals surface area contributed by atoms with Crippen molar-refractivity contribution in [1.29, 1.82) is 0 Å². The van der Waals surface area contributed by atoms with Gasteiger partial charge in [-0.3, -0.25) is 0 Å². The zero-order valence-electron chi connectivity index (χ0n) is 9.32. The summed E-state index contributed by atoms with van der Waals surface area (Å²) < 4.78 is 0. The van der Waals surface area contributed by atoms with Gasteiger partial charge in [-0.05, 0) is 25.0 Å². The van der Waals surface area contributed by atoms with Crippen LogP contribution in [-0.4, -0.2) is 24.8 Å². The molecule has 3 N–H and O–H groups in total. The van der Waals surface area contributed by atoms with Crippen molar-refractivity contribution in [2.45, 2.75) is 19.9 Å². The highest BCUT2D eigenvalue weighted by molar-refractivity contribution is 5.53. The maximum atomic E-state index is 8.83. The molecule has 0 aliphatic carbocycles. The fraction of sp³-hybridized carbons (Fsp3) is 0.500. The van der Waals surface area contributed by atoms with Crippen LogP contribution in [0.4, 0.5) is 5.69 Å². The number of benzene rings is 1. The van der Waals surface area contributed by atoms with Crippen LogP contribution < -0.4 is 10.6 Å². The smallest absolute Gasteiger partial charge is 0.0447 e. The Hall–Kier alpha value is -1.06. The highest BCUT2D eigenvalue weighted by Gasteiger charge is 2.07. The quantitative estimate of drug-likeness (QED) is 0.742. The van der Waals surface area contributed by atoms with Crippen LogP contribution in [0.3, 0.4) is 0 Å². The molecule has 0 spiro atoms. The molecule has 1 aromatic rings. The summed E-state index contributed by atoms with van der Waals surface area (Å²) in [6.07, 6.45) is 0.798. The van der Waals surface area contributed by atoms with Crippen LogP contribution >= 0.6 is 0 Å². The summed E-state index contributed by atoms with van der Waals surface area (Å²) in [6, 6.07) is 8.17. The summed E-state index contributed by atoms with van der Waals surface area (Å²) >= 11 is 0. The van der Waals surface area contributed by atoms with Gasteiger partial charge in [0.2, 0.25) is 0 Å². The molecule has 84 valence electrons. The molecule has 1 aromatic carbocycles. The SMILES string of the molecule is CCN(CCCO)c1ccccc1CN. The van der Waals surface area contributed by atoms with E-state index < -0.39 is 0 Å². The van der Waals surface area contributed by atoms with Crippen molar-refractivity contribution < 1.29 is 5.11 Å². The van der Waals surface area contributed by atoms with Gasteiger partial charge in [0.1, 0.15) is 0 Å². The third kappa shape index (κ3) is 3.22. The van der Waals surface area contributed by atoms with E-state index in [0.29, 0.717) is 6.54 Å². The van der Waals surface area contributed by atoms with Crippen molar-refractivity contribution in [3.05, 3.63) is 29.8 Å². The summed E-state index contributed by atoms with van der Waals surface area (Å²) in [4.78, 5) is 2.25. The molecular formula is C12H20N2O. The summed E-state index contributed by atoms with van der Waals surface area (Å²) in [6.45, 7) is 4.73. The number of hydrogen-bond donors (Lipinski definition) is 2. The van der Waals surface area contributed by atoms with Gasteiger partial charge in [0, 0.05) is 31.9 Å². The van der Waals surface area contributed by atoms with Gasteiger partial charge in [0.05, 0.1) is 0 Å². The summed E-state index contributed by atoms with van der Waals surface area (Å²) in [5.74, 6) is 0. The Balaban J connectivity index is 2.80. The van der Waals surface area contributed by atoms with Crippen LogP contribution in [0.1, 0.15) is 18.9 Å². The van der Waals surface area contributed by atoms with Crippen LogP contribution in [0, 0.1) is 0 Å². The van der Waals surface area contributed by atoms with Crippen LogP contribution in [0.5, 0.6) is 0 Å². The van der Waals surface area contributed by atoms with Gasteiger partial charge in [-0.1, -0.05) is 18.2 Å². The average molecular weight is 208 g/mol. The van der Waals surface area contributed by atoms with E-state index in [4.69, 9.17) is 10.8 Å². The number of nitrogens with two attached hydrogens (primary N) is 1. The molecule has 0 heterocycles. The van der Waals surface area contributed by atoms with Gasteiger partial charge >= 0.3 is 0 Å². The first-order valence-corrected chi connectivity index (χ1v) is 5.47. The van der Waals surface area contributed by atoms with E-state index in [1.807, 2.05) is 12.1 Å². The number of anilines is 1. The molecule has 0 radical (unpaired) electrons. The van der Waals surface area contributed by atoms with Gasteiger partial charge in [-0.25, -0.2) is 0 Å².